The van der Waals surface area contributed by atoms with Gasteiger partial charge in [0.2, 0.25) is 0 Å². The number of rotatable bonds is 7. The normalized spacial score (nSPS) is 19.0. The summed E-state index contributed by atoms with van der Waals surface area (Å²) in [6.45, 7) is 1.19. The Labute approximate surface area is 191 Å². The van der Waals surface area contributed by atoms with E-state index >= 15 is 0 Å². The number of nitrogens with one attached hydrogen (secondary N) is 1. The number of benzene rings is 2. The van der Waals surface area contributed by atoms with Crippen molar-refractivity contribution in [2.24, 2.45) is 0 Å². The molecule has 0 spiro atoms. The van der Waals surface area contributed by atoms with Crippen LogP contribution in [-0.4, -0.2) is 59.6 Å². The third-order valence-corrected chi connectivity index (χ3v) is 6.90. The number of anilines is 1. The number of likely N-dealkylation sites (tertiary alicyclic amines) is 1. The minimum Gasteiger partial charge on any atom is -0.395 e. The van der Waals surface area contributed by atoms with Gasteiger partial charge in [0.1, 0.15) is 5.82 Å². The van der Waals surface area contributed by atoms with Gasteiger partial charge in [-0.15, -0.1) is 0 Å². The maximum atomic E-state index is 13.4. The molecule has 0 bridgehead atoms. The lowest BCUT2D eigenvalue weighted by atomic mass is 10.1. The molecule has 0 aliphatic carbocycles. The summed E-state index contributed by atoms with van der Waals surface area (Å²) < 4.78 is 38.4. The van der Waals surface area contributed by atoms with Crippen molar-refractivity contribution in [2.75, 3.05) is 24.7 Å². The van der Waals surface area contributed by atoms with Crippen molar-refractivity contribution in [3.63, 3.8) is 0 Å². The second-order valence-electron chi connectivity index (χ2n) is 8.24. The summed E-state index contributed by atoms with van der Waals surface area (Å²) in [6.07, 6.45) is 5.11. The van der Waals surface area contributed by atoms with Crippen LogP contribution in [0.15, 0.2) is 65.8 Å². The van der Waals surface area contributed by atoms with Gasteiger partial charge in [-0.1, -0.05) is 18.2 Å². The molecule has 2 N–H and O–H groups in total. The Bertz CT molecular complexity index is 1240. The van der Waals surface area contributed by atoms with E-state index in [4.69, 9.17) is 0 Å². The summed E-state index contributed by atoms with van der Waals surface area (Å²) in [5, 5.41) is 17.0. The van der Waals surface area contributed by atoms with Crippen LogP contribution >= 0.6 is 0 Å². The molecule has 2 heterocycles. The highest BCUT2D eigenvalue weighted by Crippen LogP contribution is 2.29. The lowest BCUT2D eigenvalue weighted by Gasteiger charge is -2.22. The standard InChI is InChI=1S/C23H25FN4O4S/c1-33(31,32)22-7-5-16(6-8-22)12-27-14-20(10-21(27)15-29)28-13-19(11-25-28)26-23(30)17-3-2-4-18(24)9-17/h2-9,11,13,20-21,29H,10,12,14-15H2,1H3,(H,26,30)/t20-,21-/m0/s1. The summed E-state index contributed by atoms with van der Waals surface area (Å²) >= 11 is 0. The number of carbonyl (C=O) groups excluding carboxylic acids is 1. The van der Waals surface area contributed by atoms with E-state index in [1.807, 2.05) is 0 Å². The Morgan fingerprint density at radius 1 is 1.24 bits per heavy atom. The summed E-state index contributed by atoms with van der Waals surface area (Å²) in [5.41, 5.74) is 1.67. The van der Waals surface area contributed by atoms with Crippen molar-refractivity contribution < 1.29 is 22.7 Å². The number of aliphatic hydroxyl groups excluding tert-OH is 1. The first kappa shape index (κ1) is 23.1. The highest BCUT2D eigenvalue weighted by atomic mass is 32.2. The van der Waals surface area contributed by atoms with Crippen molar-refractivity contribution in [1.82, 2.24) is 14.7 Å². The summed E-state index contributed by atoms with van der Waals surface area (Å²) in [5.74, 6) is -0.904. The fraction of sp³-hybridized carbons (Fsp3) is 0.304. The zero-order chi connectivity index (χ0) is 23.6. The molecular formula is C23H25FN4O4S. The minimum atomic E-state index is -3.25. The Morgan fingerprint density at radius 2 is 2.00 bits per heavy atom. The third kappa shape index (κ3) is 5.47. The first-order valence-corrected chi connectivity index (χ1v) is 12.4. The quantitative estimate of drug-likeness (QED) is 0.548. The maximum Gasteiger partial charge on any atom is 0.255 e. The van der Waals surface area contributed by atoms with E-state index in [0.29, 0.717) is 25.2 Å². The smallest absolute Gasteiger partial charge is 0.255 e. The van der Waals surface area contributed by atoms with E-state index in [0.717, 1.165) is 5.56 Å². The fourth-order valence-electron chi connectivity index (χ4n) is 4.04. The largest absolute Gasteiger partial charge is 0.395 e. The molecule has 2 aromatic carbocycles. The monoisotopic (exact) mass is 472 g/mol. The van der Waals surface area contributed by atoms with Crippen LogP contribution in [0.4, 0.5) is 10.1 Å². The van der Waals surface area contributed by atoms with Gasteiger partial charge in [0.25, 0.3) is 5.91 Å². The van der Waals surface area contributed by atoms with Crippen molar-refractivity contribution in [1.29, 1.82) is 0 Å². The molecule has 1 fully saturated rings. The van der Waals surface area contributed by atoms with E-state index in [9.17, 15) is 22.7 Å². The van der Waals surface area contributed by atoms with Crippen molar-refractivity contribution in [3.05, 3.63) is 77.9 Å². The molecule has 0 unspecified atom stereocenters. The zero-order valence-electron chi connectivity index (χ0n) is 18.1. The Hall–Kier alpha value is -3.08. The average molecular weight is 473 g/mol. The van der Waals surface area contributed by atoms with Crippen LogP contribution in [0.1, 0.15) is 28.4 Å². The molecule has 4 rings (SSSR count). The number of hydrogen-bond acceptors (Lipinski definition) is 6. The van der Waals surface area contributed by atoms with E-state index in [1.54, 1.807) is 35.1 Å². The van der Waals surface area contributed by atoms with E-state index in [1.165, 1.54) is 36.7 Å². The van der Waals surface area contributed by atoms with Crippen LogP contribution in [0, 0.1) is 5.82 Å². The van der Waals surface area contributed by atoms with E-state index < -0.39 is 21.6 Å². The van der Waals surface area contributed by atoms with Crippen molar-refractivity contribution in [2.45, 2.75) is 29.9 Å². The van der Waals surface area contributed by atoms with Gasteiger partial charge in [-0.05, 0) is 42.3 Å². The molecule has 3 aromatic rings. The first-order chi connectivity index (χ1) is 15.7. The van der Waals surface area contributed by atoms with Crippen molar-refractivity contribution >= 4 is 21.4 Å². The van der Waals surface area contributed by atoms with Gasteiger partial charge in [-0.3, -0.25) is 14.4 Å². The predicted molar refractivity (Wildman–Crippen MR) is 121 cm³/mol. The van der Waals surface area contributed by atoms with Crippen LogP contribution in [0.25, 0.3) is 0 Å². The van der Waals surface area contributed by atoms with Crippen LogP contribution in [0.3, 0.4) is 0 Å². The van der Waals surface area contributed by atoms with Gasteiger partial charge in [0.05, 0.1) is 29.4 Å². The van der Waals surface area contributed by atoms with Crippen LogP contribution in [0.2, 0.25) is 0 Å². The average Bonchev–Trinajstić information content (AvgIpc) is 3.40. The predicted octanol–water partition coefficient (Wildman–Crippen LogP) is 2.49. The molecule has 1 saturated heterocycles. The van der Waals surface area contributed by atoms with Crippen LogP contribution in [-0.2, 0) is 16.4 Å². The van der Waals surface area contributed by atoms with Crippen LogP contribution < -0.4 is 5.32 Å². The van der Waals surface area contributed by atoms with Gasteiger partial charge in [-0.2, -0.15) is 5.10 Å². The summed E-state index contributed by atoms with van der Waals surface area (Å²) in [7, 11) is -3.25. The van der Waals surface area contributed by atoms with Gasteiger partial charge in [0, 0.05) is 37.1 Å². The van der Waals surface area contributed by atoms with E-state index in [-0.39, 0.29) is 29.1 Å². The number of nitrogens with zero attached hydrogens (tertiary/aromatic N) is 3. The highest BCUT2D eigenvalue weighted by Gasteiger charge is 2.33. The molecule has 174 valence electrons. The SMILES string of the molecule is CS(=O)(=O)c1ccc(CN2C[C@@H](n3cc(NC(=O)c4cccc(F)c4)cn3)C[C@H]2CO)cc1. The van der Waals surface area contributed by atoms with Crippen LogP contribution in [0.5, 0.6) is 0 Å². The molecule has 1 amide bonds. The first-order valence-electron chi connectivity index (χ1n) is 10.5. The number of sulfone groups is 1. The minimum absolute atomic E-state index is 0.00253. The number of amides is 1. The highest BCUT2D eigenvalue weighted by molar-refractivity contribution is 7.90. The maximum absolute atomic E-state index is 13.4. The molecule has 0 saturated carbocycles. The Balaban J connectivity index is 1.41. The second-order valence-corrected chi connectivity index (χ2v) is 10.3. The summed E-state index contributed by atoms with van der Waals surface area (Å²) in [6, 6.07) is 12.1. The molecule has 33 heavy (non-hydrogen) atoms. The Kier molecular flexibility index (Phi) is 6.59. The molecule has 1 aliphatic heterocycles. The number of aliphatic hydroxyl groups is 1. The van der Waals surface area contributed by atoms with Crippen molar-refractivity contribution in [3.8, 4) is 0 Å². The number of halogens is 1. The third-order valence-electron chi connectivity index (χ3n) is 5.77. The topological polar surface area (TPSA) is 105 Å². The molecule has 0 radical (unpaired) electrons. The van der Waals surface area contributed by atoms with Gasteiger partial charge in [-0.25, -0.2) is 12.8 Å². The second kappa shape index (κ2) is 9.42. The van der Waals surface area contributed by atoms with Gasteiger partial charge >= 0.3 is 0 Å². The molecule has 1 aliphatic rings. The fourth-order valence-corrected chi connectivity index (χ4v) is 4.68. The molecule has 10 heteroatoms. The zero-order valence-corrected chi connectivity index (χ0v) is 18.9. The molecule has 2 atom stereocenters. The molecule has 8 nitrogen and oxygen atoms in total. The molecular weight excluding hydrogens is 447 g/mol. The van der Waals surface area contributed by atoms with Gasteiger partial charge in [0.15, 0.2) is 9.84 Å². The lowest BCUT2D eigenvalue weighted by Crippen LogP contribution is -2.31. The van der Waals surface area contributed by atoms with Gasteiger partial charge < -0.3 is 10.4 Å². The number of carbonyl (C=O) groups is 1. The number of aromatic nitrogens is 2. The Morgan fingerprint density at radius 3 is 2.67 bits per heavy atom. The number of hydrogen-bond donors (Lipinski definition) is 2. The summed E-state index contributed by atoms with van der Waals surface area (Å²) in [4.78, 5) is 14.7. The molecule has 1 aromatic heterocycles. The van der Waals surface area contributed by atoms with E-state index in [2.05, 4.69) is 15.3 Å². The lowest BCUT2D eigenvalue weighted by molar-refractivity contribution is 0.102.